The van der Waals surface area contributed by atoms with Crippen LogP contribution in [0.3, 0.4) is 0 Å². The minimum absolute atomic E-state index is 0.0111. The second-order valence-electron chi connectivity index (χ2n) is 6.02. The van der Waals surface area contributed by atoms with Crippen molar-refractivity contribution < 1.29 is 37.8 Å². The quantitative estimate of drug-likeness (QED) is 0.533. The molecule has 0 spiro atoms. The van der Waals surface area contributed by atoms with Crippen molar-refractivity contribution >= 4 is 28.4 Å². The molecule has 0 saturated heterocycles. The van der Waals surface area contributed by atoms with Gasteiger partial charge in [0.25, 0.3) is 16.5 Å². The Balaban J connectivity index is 0.000000267. The van der Waals surface area contributed by atoms with Gasteiger partial charge in [-0.2, -0.15) is 0 Å². The average molecular weight is 461 g/mol. The lowest BCUT2D eigenvalue weighted by Crippen LogP contribution is -2.10. The van der Waals surface area contributed by atoms with E-state index in [1.165, 1.54) is 28.5 Å². The molecule has 2 N–H and O–H groups in total. The second-order valence-corrected chi connectivity index (χ2v) is 7.87. The predicted octanol–water partition coefficient (Wildman–Crippen LogP) is 3.30. The first-order valence-corrected chi connectivity index (χ1v) is 10.6. The van der Waals surface area contributed by atoms with Gasteiger partial charge in [0.2, 0.25) is 0 Å². The van der Waals surface area contributed by atoms with Crippen LogP contribution >= 0.6 is 0 Å². The number of carbonyl (C=O) groups is 3. The van der Waals surface area contributed by atoms with Crippen LogP contribution in [0, 0.1) is 6.92 Å². The number of carbonyl (C=O) groups excluding carboxylic acids is 1. The van der Waals surface area contributed by atoms with Gasteiger partial charge in [0.1, 0.15) is 0 Å². The number of rotatable bonds is 6. The van der Waals surface area contributed by atoms with Crippen molar-refractivity contribution in [3.05, 3.63) is 89.7 Å². The molecule has 0 atom stereocenters. The summed E-state index contributed by atoms with van der Waals surface area (Å²) < 4.78 is 29.1. The molecule has 3 aromatic rings. The Labute approximate surface area is 185 Å². The summed E-state index contributed by atoms with van der Waals surface area (Å²) in [7, 11) is -3.38. The molecule has 1 aromatic heterocycles. The maximum absolute atomic E-state index is 11.9. The number of hydrogen-bond acceptors (Lipinski definition) is 6. The maximum atomic E-state index is 11.9. The first-order chi connectivity index (χ1) is 15.1. The van der Waals surface area contributed by atoms with Crippen molar-refractivity contribution in [2.45, 2.75) is 18.7 Å². The molecule has 0 aliphatic heterocycles. The van der Waals surface area contributed by atoms with Crippen LogP contribution < -0.4 is 0 Å². The van der Waals surface area contributed by atoms with Gasteiger partial charge < -0.3 is 14.9 Å². The molecule has 2 aromatic carbocycles. The highest BCUT2D eigenvalue weighted by molar-refractivity contribution is 7.90. The van der Waals surface area contributed by atoms with Crippen LogP contribution in [-0.4, -0.2) is 47.6 Å². The van der Waals surface area contributed by atoms with Crippen molar-refractivity contribution in [1.82, 2.24) is 3.97 Å². The average Bonchev–Trinajstić information content (AvgIpc) is 3.32. The van der Waals surface area contributed by atoms with E-state index < -0.39 is 22.0 Å². The van der Waals surface area contributed by atoms with E-state index in [1.54, 1.807) is 56.3 Å². The lowest BCUT2D eigenvalue weighted by Gasteiger charge is -2.04. The molecule has 0 saturated carbocycles. The Bertz CT molecular complexity index is 1120. The molecule has 0 aliphatic rings. The zero-order valence-corrected chi connectivity index (χ0v) is 18.2. The molecule has 0 amide bonds. The molecule has 1 heterocycles. The summed E-state index contributed by atoms with van der Waals surface area (Å²) in [5.74, 6) is -2.23. The van der Waals surface area contributed by atoms with E-state index in [0.717, 1.165) is 6.07 Å². The number of benzene rings is 2. The highest BCUT2D eigenvalue weighted by Crippen LogP contribution is 2.12. The molecular formula is C22H23NO8S. The second kappa shape index (κ2) is 12.7. The van der Waals surface area contributed by atoms with Crippen LogP contribution in [0.25, 0.3) is 0 Å². The summed E-state index contributed by atoms with van der Waals surface area (Å²) in [6, 6.07) is 15.7. The predicted molar refractivity (Wildman–Crippen MR) is 116 cm³/mol. The lowest BCUT2D eigenvalue weighted by molar-refractivity contribution is -0.128. The van der Waals surface area contributed by atoms with E-state index in [4.69, 9.17) is 10.2 Å². The van der Waals surface area contributed by atoms with Gasteiger partial charge in [-0.1, -0.05) is 24.3 Å². The van der Waals surface area contributed by atoms with Gasteiger partial charge in [-0.05, 0) is 55.8 Å². The SMILES string of the molecule is CCOC=O.Cc1ccc(C(=O)O)cc1C(=O)O.O=S(=O)(c1ccccc1)n1cccc1. The molecule has 0 fully saturated rings. The Kier molecular flexibility index (Phi) is 10.4. The summed E-state index contributed by atoms with van der Waals surface area (Å²) >= 11 is 0. The lowest BCUT2D eigenvalue weighted by atomic mass is 10.1. The zero-order valence-electron chi connectivity index (χ0n) is 17.4. The minimum atomic E-state index is -3.38. The van der Waals surface area contributed by atoms with Crippen LogP contribution in [0.5, 0.6) is 0 Å². The number of ether oxygens (including phenoxy) is 1. The fraction of sp³-hybridized carbons (Fsp3) is 0.136. The summed E-state index contributed by atoms with van der Waals surface area (Å²) in [5.41, 5.74) is 0.570. The van der Waals surface area contributed by atoms with Gasteiger partial charge in [-0.25, -0.2) is 22.0 Å². The van der Waals surface area contributed by atoms with E-state index in [0.29, 0.717) is 23.5 Å². The van der Waals surface area contributed by atoms with Gasteiger partial charge in [0.15, 0.2) is 0 Å². The normalized spacial score (nSPS) is 9.94. The number of hydrogen-bond donors (Lipinski definition) is 2. The third-order valence-corrected chi connectivity index (χ3v) is 5.51. The Morgan fingerprint density at radius 1 is 0.969 bits per heavy atom. The van der Waals surface area contributed by atoms with Crippen LogP contribution in [0.4, 0.5) is 0 Å². The monoisotopic (exact) mass is 461 g/mol. The van der Waals surface area contributed by atoms with E-state index in [-0.39, 0.29) is 11.1 Å². The molecule has 9 nitrogen and oxygen atoms in total. The van der Waals surface area contributed by atoms with Crippen molar-refractivity contribution in [1.29, 1.82) is 0 Å². The topological polar surface area (TPSA) is 140 Å². The number of aromatic nitrogens is 1. The molecule has 0 aliphatic carbocycles. The first-order valence-electron chi connectivity index (χ1n) is 9.21. The smallest absolute Gasteiger partial charge is 0.335 e. The highest BCUT2D eigenvalue weighted by atomic mass is 32.2. The Morgan fingerprint density at radius 3 is 2.00 bits per heavy atom. The van der Waals surface area contributed by atoms with Gasteiger partial charge >= 0.3 is 11.9 Å². The number of aryl methyl sites for hydroxylation is 1. The summed E-state index contributed by atoms with van der Waals surface area (Å²) in [6.07, 6.45) is 3.03. The number of nitrogens with zero attached hydrogens (tertiary/aromatic N) is 1. The van der Waals surface area contributed by atoms with E-state index in [9.17, 15) is 22.8 Å². The third-order valence-electron chi connectivity index (χ3n) is 3.85. The molecule has 0 radical (unpaired) electrons. The maximum Gasteiger partial charge on any atom is 0.335 e. The zero-order chi connectivity index (χ0) is 24.1. The largest absolute Gasteiger partial charge is 0.478 e. The van der Waals surface area contributed by atoms with Crippen LogP contribution in [-0.2, 0) is 19.6 Å². The molecular weight excluding hydrogens is 438 g/mol. The number of carboxylic acids is 2. The van der Waals surface area contributed by atoms with Crippen molar-refractivity contribution in [2.24, 2.45) is 0 Å². The number of carboxylic acid groups (broad SMARTS) is 2. The molecule has 170 valence electrons. The van der Waals surface area contributed by atoms with E-state index in [2.05, 4.69) is 4.74 Å². The van der Waals surface area contributed by atoms with Gasteiger partial charge in [0.05, 0.1) is 22.6 Å². The minimum Gasteiger partial charge on any atom is -0.478 e. The van der Waals surface area contributed by atoms with Crippen LogP contribution in [0.2, 0.25) is 0 Å². The van der Waals surface area contributed by atoms with Gasteiger partial charge in [-0.15, -0.1) is 0 Å². The number of aromatic carboxylic acids is 2. The summed E-state index contributed by atoms with van der Waals surface area (Å²) in [6.45, 7) is 4.28. The van der Waals surface area contributed by atoms with Crippen LogP contribution in [0.15, 0.2) is 78.0 Å². The van der Waals surface area contributed by atoms with E-state index >= 15 is 0 Å². The third kappa shape index (κ3) is 7.73. The van der Waals surface area contributed by atoms with Crippen molar-refractivity contribution in [2.75, 3.05) is 6.61 Å². The van der Waals surface area contributed by atoms with Gasteiger partial charge in [-0.3, -0.25) is 4.79 Å². The molecule has 0 unspecified atom stereocenters. The Hall–Kier alpha value is -3.92. The fourth-order valence-electron chi connectivity index (χ4n) is 2.25. The fourth-order valence-corrected chi connectivity index (χ4v) is 3.45. The van der Waals surface area contributed by atoms with Crippen LogP contribution in [0.1, 0.15) is 33.2 Å². The molecule has 10 heteroatoms. The standard InChI is InChI=1S/C10H9NO2S.C9H8O4.C3H6O2/c12-14(13,11-8-4-5-9-11)10-6-2-1-3-7-10;1-5-2-3-6(8(10)11)4-7(5)9(12)13;1-2-5-3-4/h1-9H;2-4H,1H3,(H,10,11)(H,12,13);3H,2H2,1H3. The summed E-state index contributed by atoms with van der Waals surface area (Å²) in [5, 5.41) is 17.3. The summed E-state index contributed by atoms with van der Waals surface area (Å²) in [4.78, 5) is 30.6. The van der Waals surface area contributed by atoms with E-state index in [1.807, 2.05) is 0 Å². The van der Waals surface area contributed by atoms with Crippen molar-refractivity contribution in [3.8, 4) is 0 Å². The van der Waals surface area contributed by atoms with Crippen molar-refractivity contribution in [3.63, 3.8) is 0 Å². The molecule has 3 rings (SSSR count). The molecule has 32 heavy (non-hydrogen) atoms. The first kappa shape index (κ1) is 26.1. The highest BCUT2D eigenvalue weighted by Gasteiger charge is 2.14. The molecule has 0 bridgehead atoms. The van der Waals surface area contributed by atoms with Gasteiger partial charge in [0, 0.05) is 12.4 Å². The Morgan fingerprint density at radius 2 is 1.56 bits per heavy atom.